The molecule has 1 saturated carbocycles. The van der Waals surface area contributed by atoms with Gasteiger partial charge in [0.15, 0.2) is 0 Å². The van der Waals surface area contributed by atoms with Gasteiger partial charge >= 0.3 is 0 Å². The van der Waals surface area contributed by atoms with Crippen LogP contribution in [0.15, 0.2) is 54.6 Å². The van der Waals surface area contributed by atoms with Gasteiger partial charge in [-0.15, -0.1) is 0 Å². The highest BCUT2D eigenvalue weighted by molar-refractivity contribution is 5.29. The first-order valence-corrected chi connectivity index (χ1v) is 10.0. The fraction of sp³-hybridized carbons (Fsp3) is 0.478. The minimum Gasteiger partial charge on any atom is -0.489 e. The van der Waals surface area contributed by atoms with Gasteiger partial charge in [0.25, 0.3) is 0 Å². The summed E-state index contributed by atoms with van der Waals surface area (Å²) in [6.45, 7) is 4.03. The lowest BCUT2D eigenvalue weighted by Crippen LogP contribution is -2.59. The van der Waals surface area contributed by atoms with Crippen LogP contribution in [0.5, 0.6) is 5.75 Å². The zero-order valence-corrected chi connectivity index (χ0v) is 15.5. The van der Waals surface area contributed by atoms with Crippen LogP contribution < -0.4 is 15.4 Å². The Balaban J connectivity index is 1.27. The molecule has 2 fully saturated rings. The van der Waals surface area contributed by atoms with Gasteiger partial charge in [0.1, 0.15) is 12.4 Å². The fourth-order valence-electron chi connectivity index (χ4n) is 4.41. The number of piperidine rings is 1. The van der Waals surface area contributed by atoms with E-state index in [2.05, 4.69) is 59.2 Å². The molecule has 138 valence electrons. The van der Waals surface area contributed by atoms with Crippen LogP contribution in [0.4, 0.5) is 0 Å². The van der Waals surface area contributed by atoms with E-state index in [-0.39, 0.29) is 0 Å². The van der Waals surface area contributed by atoms with Crippen LogP contribution >= 0.6 is 0 Å². The van der Waals surface area contributed by atoms with Crippen molar-refractivity contribution in [3.63, 3.8) is 0 Å². The van der Waals surface area contributed by atoms with Crippen molar-refractivity contribution in [3.8, 4) is 5.75 Å². The Hall–Kier alpha value is -1.84. The molecule has 3 nitrogen and oxygen atoms in total. The van der Waals surface area contributed by atoms with Gasteiger partial charge in [-0.3, -0.25) is 0 Å². The Labute approximate surface area is 157 Å². The quantitative estimate of drug-likeness (QED) is 0.794. The highest BCUT2D eigenvalue weighted by atomic mass is 16.5. The predicted octanol–water partition coefficient (Wildman–Crippen LogP) is 3.93. The largest absolute Gasteiger partial charge is 0.489 e. The molecule has 2 aromatic rings. The van der Waals surface area contributed by atoms with E-state index in [9.17, 15) is 0 Å². The topological polar surface area (TPSA) is 33.3 Å². The summed E-state index contributed by atoms with van der Waals surface area (Å²) in [6.07, 6.45) is 6.50. The van der Waals surface area contributed by atoms with Crippen molar-refractivity contribution in [1.29, 1.82) is 0 Å². The van der Waals surface area contributed by atoms with E-state index < -0.39 is 0 Å². The standard InChI is InChI=1S/C23H30N2O/c1-2-6-20(7-3-1)17-26-21-9-4-8-19(16-21)10-15-25-22-11-14-24-18-23(22)12-5-13-23/h1-4,6-9,16,22,24-25H,5,10-15,17-18H2. The maximum atomic E-state index is 5.96. The Bertz CT molecular complexity index is 696. The van der Waals surface area contributed by atoms with Crippen molar-refractivity contribution in [1.82, 2.24) is 10.6 Å². The second-order valence-corrected chi connectivity index (χ2v) is 7.86. The number of hydrogen-bond donors (Lipinski definition) is 2. The number of rotatable bonds is 7. The van der Waals surface area contributed by atoms with Gasteiger partial charge in [-0.25, -0.2) is 0 Å². The molecule has 4 rings (SSSR count). The van der Waals surface area contributed by atoms with Crippen molar-refractivity contribution in [2.24, 2.45) is 5.41 Å². The molecule has 2 aliphatic rings. The second-order valence-electron chi connectivity index (χ2n) is 7.86. The van der Waals surface area contributed by atoms with Crippen LogP contribution in [-0.4, -0.2) is 25.7 Å². The van der Waals surface area contributed by atoms with E-state index in [1.165, 1.54) is 43.4 Å². The molecule has 3 heteroatoms. The SMILES string of the molecule is c1ccc(COc2cccc(CCNC3CCNCC34CCC4)c2)cc1. The van der Waals surface area contributed by atoms with Gasteiger partial charge in [0.05, 0.1) is 0 Å². The van der Waals surface area contributed by atoms with Gasteiger partial charge < -0.3 is 15.4 Å². The van der Waals surface area contributed by atoms with E-state index in [0.29, 0.717) is 18.1 Å². The summed E-state index contributed by atoms with van der Waals surface area (Å²) < 4.78 is 5.96. The normalized spacial score (nSPS) is 21.3. The minimum absolute atomic E-state index is 0.541. The lowest BCUT2D eigenvalue weighted by molar-refractivity contribution is 0.0484. The third kappa shape index (κ3) is 4.11. The van der Waals surface area contributed by atoms with Crippen molar-refractivity contribution in [2.75, 3.05) is 19.6 Å². The summed E-state index contributed by atoms with van der Waals surface area (Å²) in [5.41, 5.74) is 3.09. The van der Waals surface area contributed by atoms with Crippen molar-refractivity contribution >= 4 is 0 Å². The molecule has 1 atom stereocenters. The monoisotopic (exact) mass is 350 g/mol. The molecule has 1 heterocycles. The van der Waals surface area contributed by atoms with Gasteiger partial charge in [0, 0.05) is 12.6 Å². The van der Waals surface area contributed by atoms with Gasteiger partial charge in [0.2, 0.25) is 0 Å². The smallest absolute Gasteiger partial charge is 0.120 e. The minimum atomic E-state index is 0.541. The molecule has 2 aromatic carbocycles. The summed E-state index contributed by atoms with van der Waals surface area (Å²) in [7, 11) is 0. The zero-order chi connectivity index (χ0) is 17.7. The van der Waals surface area contributed by atoms with E-state index in [0.717, 1.165) is 25.3 Å². The highest BCUT2D eigenvalue weighted by Crippen LogP contribution is 2.45. The molecule has 0 bridgehead atoms. The molecule has 1 aliphatic carbocycles. The highest BCUT2D eigenvalue weighted by Gasteiger charge is 2.44. The molecular weight excluding hydrogens is 320 g/mol. The number of hydrogen-bond acceptors (Lipinski definition) is 3. The Morgan fingerprint density at radius 2 is 1.88 bits per heavy atom. The fourth-order valence-corrected chi connectivity index (χ4v) is 4.41. The van der Waals surface area contributed by atoms with E-state index in [4.69, 9.17) is 4.74 Å². The van der Waals surface area contributed by atoms with Crippen LogP contribution in [0.3, 0.4) is 0 Å². The first-order valence-electron chi connectivity index (χ1n) is 10.0. The lowest BCUT2D eigenvalue weighted by atomic mass is 9.62. The predicted molar refractivity (Wildman–Crippen MR) is 106 cm³/mol. The van der Waals surface area contributed by atoms with Gasteiger partial charge in [-0.1, -0.05) is 48.9 Å². The number of benzene rings is 2. The first kappa shape index (κ1) is 17.6. The van der Waals surface area contributed by atoms with E-state index in [1.807, 2.05) is 6.07 Å². The van der Waals surface area contributed by atoms with Crippen LogP contribution in [0.2, 0.25) is 0 Å². The lowest BCUT2D eigenvalue weighted by Gasteiger charge is -2.51. The molecule has 1 saturated heterocycles. The second kappa shape index (κ2) is 8.24. The molecule has 1 spiro atoms. The van der Waals surface area contributed by atoms with Crippen LogP contribution in [0.25, 0.3) is 0 Å². The number of ether oxygens (including phenoxy) is 1. The Morgan fingerprint density at radius 3 is 2.69 bits per heavy atom. The maximum absolute atomic E-state index is 5.96. The van der Waals surface area contributed by atoms with Crippen molar-refractivity contribution in [2.45, 2.75) is 44.8 Å². The molecule has 0 aromatic heterocycles. The van der Waals surface area contributed by atoms with Crippen LogP contribution in [0, 0.1) is 5.41 Å². The number of nitrogens with one attached hydrogen (secondary N) is 2. The molecule has 26 heavy (non-hydrogen) atoms. The van der Waals surface area contributed by atoms with Crippen molar-refractivity contribution < 1.29 is 4.74 Å². The summed E-state index contributed by atoms with van der Waals surface area (Å²) in [5.74, 6) is 0.962. The summed E-state index contributed by atoms with van der Waals surface area (Å²) in [6, 6.07) is 19.6. The Kier molecular flexibility index (Phi) is 5.57. The average Bonchev–Trinajstić information content (AvgIpc) is 2.67. The molecule has 2 N–H and O–H groups in total. The molecule has 1 aliphatic heterocycles. The van der Waals surface area contributed by atoms with E-state index in [1.54, 1.807) is 0 Å². The average molecular weight is 351 g/mol. The zero-order valence-electron chi connectivity index (χ0n) is 15.5. The maximum Gasteiger partial charge on any atom is 0.120 e. The summed E-state index contributed by atoms with van der Waals surface area (Å²) >= 11 is 0. The first-order chi connectivity index (χ1) is 12.8. The van der Waals surface area contributed by atoms with Gasteiger partial charge in [-0.2, -0.15) is 0 Å². The summed E-state index contributed by atoms with van der Waals surface area (Å²) in [5, 5.41) is 7.45. The van der Waals surface area contributed by atoms with Gasteiger partial charge in [-0.05, 0) is 67.4 Å². The molecule has 0 amide bonds. The third-order valence-electron chi connectivity index (χ3n) is 6.13. The summed E-state index contributed by atoms with van der Waals surface area (Å²) in [4.78, 5) is 0. The van der Waals surface area contributed by atoms with Crippen LogP contribution in [-0.2, 0) is 13.0 Å². The molecule has 0 radical (unpaired) electrons. The van der Waals surface area contributed by atoms with Crippen LogP contribution in [0.1, 0.15) is 36.8 Å². The Morgan fingerprint density at radius 1 is 1.04 bits per heavy atom. The third-order valence-corrected chi connectivity index (χ3v) is 6.13. The molecular formula is C23H30N2O. The van der Waals surface area contributed by atoms with E-state index >= 15 is 0 Å². The van der Waals surface area contributed by atoms with Crippen molar-refractivity contribution in [3.05, 3.63) is 65.7 Å². The molecule has 1 unspecified atom stereocenters.